The molecule has 2 rings (SSSR count). The number of nitrogens with one attached hydrogen (secondary N) is 2. The van der Waals surface area contributed by atoms with Crippen molar-refractivity contribution in [3.8, 4) is 0 Å². The van der Waals surface area contributed by atoms with Crippen molar-refractivity contribution in [3.05, 3.63) is 11.1 Å². The number of carbonyl (C=O) groups excluding carboxylic acids is 1. The van der Waals surface area contributed by atoms with Crippen molar-refractivity contribution < 1.29 is 4.79 Å². The number of aryl methyl sites for hydroxylation is 1. The highest BCUT2D eigenvalue weighted by molar-refractivity contribution is 7.15. The molecule has 1 saturated heterocycles. The van der Waals surface area contributed by atoms with E-state index < -0.39 is 0 Å². The predicted molar refractivity (Wildman–Crippen MR) is 77.6 cm³/mol. The van der Waals surface area contributed by atoms with Crippen LogP contribution in [0.5, 0.6) is 0 Å². The zero-order chi connectivity index (χ0) is 12.1. The normalized spacial score (nSPS) is 16.1. The van der Waals surface area contributed by atoms with Crippen LogP contribution >= 0.6 is 23.7 Å². The van der Waals surface area contributed by atoms with Gasteiger partial charge in [-0.15, -0.1) is 23.7 Å². The van der Waals surface area contributed by atoms with Crippen molar-refractivity contribution in [1.29, 1.82) is 0 Å². The van der Waals surface area contributed by atoms with E-state index in [-0.39, 0.29) is 18.3 Å². The number of anilines is 1. The first kappa shape index (κ1) is 15.4. The predicted octanol–water partition coefficient (Wildman–Crippen LogP) is 2.59. The van der Waals surface area contributed by atoms with Crippen LogP contribution in [0.2, 0.25) is 0 Å². The van der Waals surface area contributed by atoms with E-state index in [2.05, 4.69) is 15.6 Å². The van der Waals surface area contributed by atoms with E-state index >= 15 is 0 Å². The van der Waals surface area contributed by atoms with Crippen LogP contribution in [0.25, 0.3) is 0 Å². The van der Waals surface area contributed by atoms with Gasteiger partial charge in [0.15, 0.2) is 5.13 Å². The molecular weight excluding hydrogens is 270 g/mol. The highest BCUT2D eigenvalue weighted by Gasteiger charge is 2.14. The highest BCUT2D eigenvalue weighted by atomic mass is 35.5. The van der Waals surface area contributed by atoms with Gasteiger partial charge in [-0.3, -0.25) is 4.79 Å². The molecule has 0 radical (unpaired) electrons. The maximum Gasteiger partial charge on any atom is 0.226 e. The average molecular weight is 290 g/mol. The molecule has 1 amide bonds. The number of amides is 1. The molecule has 0 atom stereocenters. The van der Waals surface area contributed by atoms with Crippen LogP contribution < -0.4 is 10.6 Å². The molecule has 0 unspecified atom stereocenters. The monoisotopic (exact) mass is 289 g/mol. The third-order valence-corrected chi connectivity index (χ3v) is 3.93. The minimum absolute atomic E-state index is 0. The fraction of sp³-hybridized carbons (Fsp3) is 0.667. The molecule has 1 aromatic heterocycles. The lowest BCUT2D eigenvalue weighted by Crippen LogP contribution is -2.28. The third kappa shape index (κ3) is 4.92. The molecule has 1 aliphatic rings. The minimum Gasteiger partial charge on any atom is -0.317 e. The van der Waals surface area contributed by atoms with Crippen LogP contribution in [0.4, 0.5) is 5.13 Å². The summed E-state index contributed by atoms with van der Waals surface area (Å²) in [4.78, 5) is 17.0. The minimum atomic E-state index is 0. The second-order valence-corrected chi connectivity index (χ2v) is 5.79. The molecule has 0 bridgehead atoms. The Morgan fingerprint density at radius 1 is 1.56 bits per heavy atom. The van der Waals surface area contributed by atoms with Gasteiger partial charge in [-0.25, -0.2) is 4.98 Å². The zero-order valence-electron chi connectivity index (χ0n) is 10.6. The molecule has 102 valence electrons. The van der Waals surface area contributed by atoms with Crippen molar-refractivity contribution in [2.75, 3.05) is 18.4 Å². The van der Waals surface area contributed by atoms with E-state index in [1.54, 1.807) is 6.20 Å². The largest absolute Gasteiger partial charge is 0.317 e. The van der Waals surface area contributed by atoms with Crippen LogP contribution in [0.15, 0.2) is 6.20 Å². The summed E-state index contributed by atoms with van der Waals surface area (Å²) >= 11 is 1.52. The maximum atomic E-state index is 11.7. The van der Waals surface area contributed by atoms with Crippen molar-refractivity contribution in [2.45, 2.75) is 32.6 Å². The second kappa shape index (κ2) is 7.71. The number of nitrogens with zero attached hydrogens (tertiary/aromatic N) is 1. The Balaban J connectivity index is 0.00000162. The second-order valence-electron chi connectivity index (χ2n) is 4.56. The molecular formula is C12H20ClN3OS. The summed E-state index contributed by atoms with van der Waals surface area (Å²) in [5.41, 5.74) is 0. The lowest BCUT2D eigenvalue weighted by atomic mass is 9.93. The highest BCUT2D eigenvalue weighted by Crippen LogP contribution is 2.20. The van der Waals surface area contributed by atoms with Gasteiger partial charge in [0.25, 0.3) is 0 Å². The van der Waals surface area contributed by atoms with Crippen LogP contribution in [0.3, 0.4) is 0 Å². The van der Waals surface area contributed by atoms with Crippen LogP contribution in [-0.2, 0) is 4.79 Å². The van der Waals surface area contributed by atoms with Gasteiger partial charge in [0.1, 0.15) is 0 Å². The fourth-order valence-corrected chi connectivity index (χ4v) is 2.78. The van der Waals surface area contributed by atoms with Crippen molar-refractivity contribution in [3.63, 3.8) is 0 Å². The molecule has 0 aliphatic carbocycles. The standard InChI is InChI=1S/C12H19N3OS.ClH/c1-9-8-14-12(17-9)15-11(16)3-2-10-4-6-13-7-5-10;/h8,10,13H,2-7H2,1H3,(H,14,15,16);1H. The van der Waals surface area contributed by atoms with E-state index in [1.807, 2.05) is 6.92 Å². The summed E-state index contributed by atoms with van der Waals surface area (Å²) in [5.74, 6) is 0.804. The summed E-state index contributed by atoms with van der Waals surface area (Å²) in [7, 11) is 0. The number of carbonyl (C=O) groups is 1. The van der Waals surface area contributed by atoms with Crippen LogP contribution in [0.1, 0.15) is 30.6 Å². The smallest absolute Gasteiger partial charge is 0.226 e. The fourth-order valence-electron chi connectivity index (χ4n) is 2.10. The lowest BCUT2D eigenvalue weighted by molar-refractivity contribution is -0.116. The Kier molecular flexibility index (Phi) is 6.60. The van der Waals surface area contributed by atoms with E-state index in [0.29, 0.717) is 12.3 Å². The molecule has 0 spiro atoms. The summed E-state index contributed by atoms with van der Waals surface area (Å²) in [6.45, 7) is 4.18. The average Bonchev–Trinajstić information content (AvgIpc) is 2.73. The van der Waals surface area contributed by atoms with Gasteiger partial charge in [0.2, 0.25) is 5.91 Å². The summed E-state index contributed by atoms with van der Waals surface area (Å²) in [6.07, 6.45) is 5.79. The first-order chi connectivity index (χ1) is 8.24. The summed E-state index contributed by atoms with van der Waals surface area (Å²) in [6, 6.07) is 0. The van der Waals surface area contributed by atoms with E-state index in [9.17, 15) is 4.79 Å². The number of aromatic nitrogens is 1. The molecule has 4 nitrogen and oxygen atoms in total. The van der Waals surface area contributed by atoms with Crippen LogP contribution in [-0.4, -0.2) is 24.0 Å². The Morgan fingerprint density at radius 3 is 2.89 bits per heavy atom. The van der Waals surface area contributed by atoms with Gasteiger partial charge >= 0.3 is 0 Å². The molecule has 1 fully saturated rings. The Bertz CT molecular complexity index is 377. The van der Waals surface area contributed by atoms with Gasteiger partial charge in [-0.05, 0) is 45.2 Å². The van der Waals surface area contributed by atoms with Gasteiger partial charge in [0.05, 0.1) is 0 Å². The number of halogens is 1. The number of piperidine rings is 1. The van der Waals surface area contributed by atoms with Gasteiger partial charge in [-0.1, -0.05) is 0 Å². The molecule has 18 heavy (non-hydrogen) atoms. The van der Waals surface area contributed by atoms with Crippen molar-refractivity contribution >= 4 is 34.8 Å². The maximum absolute atomic E-state index is 11.7. The quantitative estimate of drug-likeness (QED) is 0.896. The number of thiazole rings is 1. The molecule has 2 heterocycles. The Labute approximate surface area is 118 Å². The van der Waals surface area contributed by atoms with Gasteiger partial charge in [0, 0.05) is 17.5 Å². The Hall–Kier alpha value is -0.650. The first-order valence-corrected chi connectivity index (χ1v) is 6.98. The molecule has 0 saturated carbocycles. The van der Waals surface area contributed by atoms with Gasteiger partial charge in [-0.2, -0.15) is 0 Å². The SMILES string of the molecule is Cc1cnc(NC(=O)CCC2CCNCC2)s1.Cl. The molecule has 0 aromatic carbocycles. The Morgan fingerprint density at radius 2 is 2.28 bits per heavy atom. The van der Waals surface area contributed by atoms with Gasteiger partial charge < -0.3 is 10.6 Å². The molecule has 6 heteroatoms. The topological polar surface area (TPSA) is 54.0 Å². The number of hydrogen-bond donors (Lipinski definition) is 2. The van der Waals surface area contributed by atoms with Crippen molar-refractivity contribution in [1.82, 2.24) is 10.3 Å². The van der Waals surface area contributed by atoms with E-state index in [4.69, 9.17) is 0 Å². The van der Waals surface area contributed by atoms with Crippen LogP contribution in [0, 0.1) is 12.8 Å². The molecule has 1 aliphatic heterocycles. The lowest BCUT2D eigenvalue weighted by Gasteiger charge is -2.21. The first-order valence-electron chi connectivity index (χ1n) is 6.17. The van der Waals surface area contributed by atoms with Crippen molar-refractivity contribution in [2.24, 2.45) is 5.92 Å². The zero-order valence-corrected chi connectivity index (χ0v) is 12.2. The summed E-state index contributed by atoms with van der Waals surface area (Å²) in [5, 5.41) is 6.91. The summed E-state index contributed by atoms with van der Waals surface area (Å²) < 4.78 is 0. The number of rotatable bonds is 4. The third-order valence-electron chi connectivity index (χ3n) is 3.11. The van der Waals surface area contributed by atoms with E-state index in [0.717, 1.165) is 29.5 Å². The molecule has 1 aromatic rings. The number of hydrogen-bond acceptors (Lipinski definition) is 4. The molecule has 2 N–H and O–H groups in total. The van der Waals surface area contributed by atoms with E-state index in [1.165, 1.54) is 24.2 Å².